The SMILES string of the molecule is CCCCCCCCCCCCN=S(=O)=O.CCCCCCCCCCCCc1cc(N)c2c(c1)nc1c3ccc4c5ccc6c(=O)n7c(nc8cc(S(=O)(=O)N(CCCCCCCCCCCC)CCCCCCCCCCCC)cc(N)c87)c7ccc(c8ccc(c(=O)n12)c3c48)c5c67.CS(=O)(=O)c1cc(N)c(N)c(N)c1. The third-order valence-corrected chi connectivity index (χ3v) is 26.5. The molecule has 0 aliphatic carbocycles. The Hall–Kier alpha value is -8.18. The van der Waals surface area contributed by atoms with Crippen LogP contribution in [-0.4, -0.2) is 74.2 Å². The molecule has 0 saturated heterocycles. The molecular formula is C91H127N11O8S3. The predicted molar refractivity (Wildman–Crippen MR) is 478 cm³/mol. The van der Waals surface area contributed by atoms with Crippen LogP contribution in [0.15, 0.2) is 109 Å². The molecule has 0 aliphatic heterocycles. The summed E-state index contributed by atoms with van der Waals surface area (Å²) in [6, 6.07) is 26.2. The molecule has 0 amide bonds. The standard InChI is InChI=1S/C72H91N7O4S.C12H25NO2S.C7H11N3O2S/c1-4-7-10-13-16-19-22-25-28-31-34-49-45-59(73)67-61(46-49)75-69-55-39-35-51-54-38-42-58-66-56(40-36-52(64(54)66)53-37-41-57(65(55)63(51)53)71(80)78(67)69)70-76-62-48-50(47-60(74)68(62)79(70)72(58)81)84(82,83)77(43-32-29-26-23-20-17-14-11-8-5-2)44-33-30-27-24-21-18-15-12-9-6-3;1-2-3-4-5-6-7-8-9-10-11-12-13-16(14)15;1-13(11,12)4-2-5(8)7(10)6(9)3-4/h35-42,45-48H,4-34,43-44,73-74H2,1-3H3;2-12H2,1H3;2-3H,8-10H2,1H3. The molecule has 612 valence electrons. The lowest BCUT2D eigenvalue weighted by Crippen LogP contribution is -2.33. The number of nitrogens with zero attached hydrogens (tertiary/aromatic N) is 6. The minimum Gasteiger partial charge on any atom is -0.397 e. The topological polar surface area (TPSA) is 317 Å². The number of aromatic nitrogens is 4. The maximum Gasteiger partial charge on any atom is 0.311 e. The molecule has 0 saturated carbocycles. The number of aryl methyl sites for hydroxylation is 1. The van der Waals surface area contributed by atoms with Crippen molar-refractivity contribution in [2.45, 2.75) is 301 Å². The number of unbranched alkanes of at least 4 members (excludes halogenated alkanes) is 36. The van der Waals surface area contributed by atoms with Crippen molar-refractivity contribution in [3.05, 3.63) is 111 Å². The van der Waals surface area contributed by atoms with E-state index < -0.39 is 30.4 Å². The van der Waals surface area contributed by atoms with Crippen LogP contribution in [0.1, 0.15) is 290 Å². The monoisotopic (exact) mass is 1600 g/mol. The van der Waals surface area contributed by atoms with Gasteiger partial charge in [0, 0.05) is 51.7 Å². The molecule has 0 aliphatic rings. The molecule has 4 aromatic heterocycles. The lowest BCUT2D eigenvalue weighted by atomic mass is 9.86. The van der Waals surface area contributed by atoms with E-state index in [-0.39, 0.29) is 43.7 Å². The Balaban J connectivity index is 0.000000391. The predicted octanol–water partition coefficient (Wildman–Crippen LogP) is 22.5. The molecule has 0 spiro atoms. The maximum atomic E-state index is 15.0. The van der Waals surface area contributed by atoms with Gasteiger partial charge < -0.3 is 28.7 Å². The third kappa shape index (κ3) is 21.7. The van der Waals surface area contributed by atoms with Gasteiger partial charge in [0.2, 0.25) is 10.0 Å². The van der Waals surface area contributed by atoms with Gasteiger partial charge in [-0.05, 0) is 131 Å². The second kappa shape index (κ2) is 42.4. The molecule has 10 N–H and O–H groups in total. The van der Waals surface area contributed by atoms with Crippen LogP contribution >= 0.6 is 0 Å². The number of nitrogen functional groups attached to an aromatic ring is 5. The van der Waals surface area contributed by atoms with Crippen LogP contribution in [0, 0.1) is 0 Å². The zero-order chi connectivity index (χ0) is 80.6. The lowest BCUT2D eigenvalue weighted by Gasteiger charge is -2.22. The highest BCUT2D eigenvalue weighted by Crippen LogP contribution is 2.47. The van der Waals surface area contributed by atoms with Gasteiger partial charge in [0.05, 0.1) is 66.8 Å². The van der Waals surface area contributed by atoms with Crippen LogP contribution in [0.25, 0.3) is 98.0 Å². The summed E-state index contributed by atoms with van der Waals surface area (Å²) in [7, 11) is -9.44. The summed E-state index contributed by atoms with van der Waals surface area (Å²) in [5, 5.41) is 10.2. The highest BCUT2D eigenvalue weighted by Gasteiger charge is 2.29. The number of rotatable bonds is 47. The Morgan fingerprint density at radius 2 is 0.681 bits per heavy atom. The van der Waals surface area contributed by atoms with E-state index in [0.717, 1.165) is 135 Å². The summed E-state index contributed by atoms with van der Waals surface area (Å²) in [6.07, 6.45) is 51.0. The van der Waals surface area contributed by atoms with Gasteiger partial charge in [-0.3, -0.25) is 18.4 Å². The molecule has 0 unspecified atom stereocenters. The third-order valence-electron chi connectivity index (χ3n) is 23.2. The summed E-state index contributed by atoms with van der Waals surface area (Å²) in [4.78, 5) is 40.4. The van der Waals surface area contributed by atoms with Crippen molar-refractivity contribution >= 4 is 157 Å². The van der Waals surface area contributed by atoms with Crippen molar-refractivity contribution < 1.29 is 25.3 Å². The minimum absolute atomic E-state index is 0.0803. The summed E-state index contributed by atoms with van der Waals surface area (Å²) in [6.45, 7) is 10.4. The molecule has 12 rings (SSSR count). The van der Waals surface area contributed by atoms with Crippen molar-refractivity contribution in [3.8, 4) is 0 Å². The Labute approximate surface area is 671 Å². The molecule has 4 heterocycles. The number of benzene rings is 8. The van der Waals surface area contributed by atoms with E-state index in [9.17, 15) is 30.0 Å². The number of anilines is 5. The van der Waals surface area contributed by atoms with Crippen LogP contribution in [-0.2, 0) is 36.8 Å². The van der Waals surface area contributed by atoms with E-state index in [1.54, 1.807) is 25.2 Å². The second-order valence-electron chi connectivity index (χ2n) is 32.0. The number of fused-ring (bicyclic) bond motifs is 10. The first kappa shape index (κ1) is 87.2. The summed E-state index contributed by atoms with van der Waals surface area (Å²) in [5.41, 5.74) is 35.4. The van der Waals surface area contributed by atoms with Crippen LogP contribution < -0.4 is 39.8 Å². The fourth-order valence-electron chi connectivity index (χ4n) is 16.9. The number of hydrogen-bond donors (Lipinski definition) is 5. The minimum atomic E-state index is -3.96. The zero-order valence-corrected chi connectivity index (χ0v) is 70.7. The van der Waals surface area contributed by atoms with Gasteiger partial charge in [-0.25, -0.2) is 26.8 Å². The van der Waals surface area contributed by atoms with Gasteiger partial charge in [0.1, 0.15) is 11.3 Å². The molecule has 0 atom stereocenters. The van der Waals surface area contributed by atoms with E-state index in [2.05, 4.69) is 56.3 Å². The van der Waals surface area contributed by atoms with Gasteiger partial charge in [-0.1, -0.05) is 283 Å². The van der Waals surface area contributed by atoms with Gasteiger partial charge in [-0.15, -0.1) is 0 Å². The van der Waals surface area contributed by atoms with Crippen LogP contribution in [0.3, 0.4) is 0 Å². The van der Waals surface area contributed by atoms with Crippen LogP contribution in [0.2, 0.25) is 0 Å². The number of sulfonamides is 1. The van der Waals surface area contributed by atoms with E-state index in [0.29, 0.717) is 63.9 Å². The van der Waals surface area contributed by atoms with Gasteiger partial charge >= 0.3 is 10.5 Å². The largest absolute Gasteiger partial charge is 0.397 e. The van der Waals surface area contributed by atoms with E-state index in [1.165, 1.54) is 211 Å². The molecule has 0 bridgehead atoms. The van der Waals surface area contributed by atoms with E-state index in [4.69, 9.17) is 38.6 Å². The lowest BCUT2D eigenvalue weighted by molar-refractivity contribution is 0.383. The fraction of sp³-hybridized carbons (Fsp3) is 0.538. The molecule has 0 fully saturated rings. The van der Waals surface area contributed by atoms with E-state index in [1.807, 2.05) is 36.4 Å². The normalized spacial score (nSPS) is 12.3. The Kier molecular flexibility index (Phi) is 32.8. The first-order valence-corrected chi connectivity index (χ1v) is 47.4. The second-order valence-corrected chi connectivity index (χ2v) is 36.6. The Bertz CT molecular complexity index is 5570. The summed E-state index contributed by atoms with van der Waals surface area (Å²) >= 11 is 0. The molecule has 12 aromatic rings. The number of imidazole rings is 2. The highest BCUT2D eigenvalue weighted by atomic mass is 32.2. The van der Waals surface area contributed by atoms with Crippen LogP contribution in [0.4, 0.5) is 28.4 Å². The zero-order valence-electron chi connectivity index (χ0n) is 68.3. The van der Waals surface area contributed by atoms with Gasteiger partial charge in [0.25, 0.3) is 11.1 Å². The molecule has 19 nitrogen and oxygen atoms in total. The van der Waals surface area contributed by atoms with Gasteiger partial charge in [0.15, 0.2) is 9.84 Å². The van der Waals surface area contributed by atoms with Crippen molar-refractivity contribution in [1.29, 1.82) is 0 Å². The average molecular weight is 1600 g/mol. The number of hydrogen-bond acceptors (Lipinski definition) is 16. The summed E-state index contributed by atoms with van der Waals surface area (Å²) < 4.78 is 80.5. The quantitative estimate of drug-likeness (QED) is 0.0102. The Morgan fingerprint density at radius 1 is 0.372 bits per heavy atom. The number of sulfone groups is 1. The smallest absolute Gasteiger partial charge is 0.311 e. The first-order valence-electron chi connectivity index (χ1n) is 43.0. The number of pyridine rings is 2. The van der Waals surface area contributed by atoms with Gasteiger partial charge in [-0.2, -0.15) is 17.1 Å². The molecular weight excluding hydrogens is 1470 g/mol. The number of nitrogens with two attached hydrogens (primary N) is 5. The van der Waals surface area contributed by atoms with Crippen molar-refractivity contribution in [2.75, 3.05) is 54.6 Å². The molecule has 0 radical (unpaired) electrons. The average Bonchev–Trinajstić information content (AvgIpc) is 1.66. The highest BCUT2D eigenvalue weighted by molar-refractivity contribution is 7.90. The van der Waals surface area contributed by atoms with Crippen molar-refractivity contribution in [3.63, 3.8) is 0 Å². The van der Waals surface area contributed by atoms with Crippen molar-refractivity contribution in [2.24, 2.45) is 4.36 Å². The fourth-order valence-corrected chi connectivity index (χ4v) is 19.4. The maximum absolute atomic E-state index is 15.0. The Morgan fingerprint density at radius 3 is 1.05 bits per heavy atom. The molecule has 113 heavy (non-hydrogen) atoms. The first-order chi connectivity index (χ1) is 54.7. The van der Waals surface area contributed by atoms with Crippen LogP contribution in [0.5, 0.6) is 0 Å². The molecule has 8 aromatic carbocycles. The summed E-state index contributed by atoms with van der Waals surface area (Å²) in [5.74, 6) is 0. The van der Waals surface area contributed by atoms with E-state index >= 15 is 4.79 Å². The molecule has 22 heteroatoms. The van der Waals surface area contributed by atoms with Crippen molar-refractivity contribution in [1.82, 2.24) is 23.1 Å².